The van der Waals surface area contributed by atoms with Crippen LogP contribution in [0.3, 0.4) is 0 Å². The van der Waals surface area contributed by atoms with Crippen LogP contribution in [0.5, 0.6) is 0 Å². The number of hydrogen-bond acceptors (Lipinski definition) is 4. The van der Waals surface area contributed by atoms with Gasteiger partial charge in [-0.3, -0.25) is 4.79 Å². The topological polar surface area (TPSA) is 43.6 Å². The van der Waals surface area contributed by atoms with E-state index in [1.165, 1.54) is 0 Å². The lowest BCUT2D eigenvalue weighted by Crippen LogP contribution is -2.34. The Labute approximate surface area is 62.8 Å². The number of carbonyl (C=O) groups is 1. The van der Waals surface area contributed by atoms with E-state index in [2.05, 4.69) is 10.4 Å². The Balaban J connectivity index is 2.08. The van der Waals surface area contributed by atoms with Crippen molar-refractivity contribution in [2.45, 2.75) is 12.5 Å². The zero-order valence-corrected chi connectivity index (χ0v) is 6.13. The Bertz CT molecular complexity index is 164. The Morgan fingerprint density at radius 3 is 3.50 bits per heavy atom. The summed E-state index contributed by atoms with van der Waals surface area (Å²) >= 11 is 1.77. The van der Waals surface area contributed by atoms with E-state index in [4.69, 9.17) is 0 Å². The molecule has 2 heterocycles. The first-order chi connectivity index (χ1) is 4.88. The Morgan fingerprint density at radius 1 is 1.80 bits per heavy atom. The second-order valence-electron chi connectivity index (χ2n) is 2.27. The van der Waals surface area contributed by atoms with E-state index in [0.717, 1.165) is 18.1 Å². The van der Waals surface area contributed by atoms with Crippen molar-refractivity contribution >= 4 is 17.7 Å². The average Bonchev–Trinajstić information content (AvgIpc) is 2.34. The zero-order valence-electron chi connectivity index (χ0n) is 5.32. The van der Waals surface area contributed by atoms with Gasteiger partial charge in [0.05, 0.1) is 6.04 Å². The molecule has 0 aromatic heterocycles. The molecule has 56 valence electrons. The summed E-state index contributed by atoms with van der Waals surface area (Å²) in [5.74, 6) is 1.63. The number of rotatable bonds is 0. The lowest BCUT2D eigenvalue weighted by atomic mass is 10.2. The van der Waals surface area contributed by atoms with Crippen LogP contribution < -0.4 is 0 Å². The first-order valence-corrected chi connectivity index (χ1v) is 4.29. The molecule has 4 nitrogen and oxygen atoms in total. The third-order valence-electron chi connectivity index (χ3n) is 1.63. The van der Waals surface area contributed by atoms with Crippen LogP contribution >= 0.6 is 11.8 Å². The summed E-state index contributed by atoms with van der Waals surface area (Å²) < 4.78 is 0. The highest BCUT2D eigenvalue weighted by atomic mass is 32.2. The fourth-order valence-corrected chi connectivity index (χ4v) is 2.00. The second-order valence-corrected chi connectivity index (χ2v) is 3.35. The van der Waals surface area contributed by atoms with Crippen LogP contribution in [0.25, 0.3) is 5.59 Å². The third-order valence-corrected chi connectivity index (χ3v) is 2.60. The van der Waals surface area contributed by atoms with Gasteiger partial charge in [-0.2, -0.15) is 0 Å². The van der Waals surface area contributed by atoms with Gasteiger partial charge in [0.1, 0.15) is 0 Å². The Kier molecular flexibility index (Phi) is 1.55. The number of nitrogens with zero attached hydrogens (tertiary/aromatic N) is 2. The van der Waals surface area contributed by atoms with Gasteiger partial charge in [0.25, 0.3) is 0 Å². The maximum atomic E-state index is 10.8. The van der Waals surface area contributed by atoms with Gasteiger partial charge in [0.2, 0.25) is 0 Å². The lowest BCUT2D eigenvalue weighted by molar-refractivity contribution is -0.137. The van der Waals surface area contributed by atoms with Crippen LogP contribution in [0.1, 0.15) is 6.42 Å². The molecular weight excluding hydrogens is 152 g/mol. The summed E-state index contributed by atoms with van der Waals surface area (Å²) in [4.78, 5) is 15.3. The molecule has 1 unspecified atom stereocenters. The molecule has 0 spiro atoms. The van der Waals surface area contributed by atoms with Gasteiger partial charge in [-0.1, -0.05) is 0 Å². The van der Waals surface area contributed by atoms with E-state index in [-0.39, 0.29) is 12.0 Å². The minimum Gasteiger partial charge on any atom is -0.548 e. The van der Waals surface area contributed by atoms with Gasteiger partial charge in [0.15, 0.2) is 0 Å². The highest BCUT2D eigenvalue weighted by Gasteiger charge is 2.28. The summed E-state index contributed by atoms with van der Waals surface area (Å²) in [5, 5.41) is 1.70. The average molecular weight is 159 g/mol. The second kappa shape index (κ2) is 2.41. The SMILES string of the molecule is O=C1O[N-]N2CSCCC12. The summed E-state index contributed by atoms with van der Waals surface area (Å²) in [6.45, 7) is 0. The molecular formula is C5H7N2O2S-. The molecule has 0 bridgehead atoms. The van der Waals surface area contributed by atoms with Crippen LogP contribution in [-0.4, -0.2) is 28.6 Å². The van der Waals surface area contributed by atoms with Crippen molar-refractivity contribution in [2.75, 3.05) is 11.6 Å². The molecule has 0 aliphatic carbocycles. The van der Waals surface area contributed by atoms with Crippen LogP contribution in [0.2, 0.25) is 0 Å². The molecule has 2 fully saturated rings. The number of carbonyl (C=O) groups excluding carboxylic acids is 1. The molecule has 10 heavy (non-hydrogen) atoms. The number of fused-ring (bicyclic) bond motifs is 1. The molecule has 2 rings (SSSR count). The van der Waals surface area contributed by atoms with E-state index in [1.807, 2.05) is 0 Å². The molecule has 0 N–H and O–H groups in total. The maximum absolute atomic E-state index is 10.8. The van der Waals surface area contributed by atoms with Crippen LogP contribution in [0.4, 0.5) is 0 Å². The minimum atomic E-state index is -0.194. The van der Waals surface area contributed by atoms with Crippen molar-refractivity contribution < 1.29 is 9.63 Å². The van der Waals surface area contributed by atoms with Crippen molar-refractivity contribution in [1.29, 1.82) is 0 Å². The largest absolute Gasteiger partial charge is 0.548 e. The van der Waals surface area contributed by atoms with Crippen molar-refractivity contribution in [2.24, 2.45) is 0 Å². The molecule has 0 saturated carbocycles. The van der Waals surface area contributed by atoms with Crippen LogP contribution in [-0.2, 0) is 9.63 Å². The van der Waals surface area contributed by atoms with Crippen molar-refractivity contribution in [3.8, 4) is 0 Å². The molecule has 0 radical (unpaired) electrons. The standard InChI is InChI=1S/C5H7N2O2S/c8-5-4-1-2-10-3-7(4)6-9-5/h4H,1-3H2/q-1. The maximum Gasteiger partial charge on any atom is 0.307 e. The van der Waals surface area contributed by atoms with Crippen LogP contribution in [0, 0.1) is 0 Å². The van der Waals surface area contributed by atoms with Gasteiger partial charge in [-0.15, -0.1) is 11.8 Å². The van der Waals surface area contributed by atoms with Gasteiger partial charge in [-0.05, 0) is 12.2 Å². The Hall–Kier alpha value is -0.260. The summed E-state index contributed by atoms with van der Waals surface area (Å²) in [5.41, 5.74) is 3.60. The summed E-state index contributed by atoms with van der Waals surface area (Å²) in [6, 6.07) is -0.0822. The van der Waals surface area contributed by atoms with Gasteiger partial charge in [-0.25, -0.2) is 0 Å². The smallest absolute Gasteiger partial charge is 0.307 e. The van der Waals surface area contributed by atoms with E-state index < -0.39 is 0 Å². The predicted molar refractivity (Wildman–Crippen MR) is 37.0 cm³/mol. The van der Waals surface area contributed by atoms with Crippen molar-refractivity contribution in [1.82, 2.24) is 5.01 Å². The van der Waals surface area contributed by atoms with Gasteiger partial charge < -0.3 is 15.4 Å². The highest BCUT2D eigenvalue weighted by Crippen LogP contribution is 2.28. The van der Waals surface area contributed by atoms with Crippen molar-refractivity contribution in [3.63, 3.8) is 0 Å². The minimum absolute atomic E-state index is 0.0822. The summed E-state index contributed by atoms with van der Waals surface area (Å²) in [6.07, 6.45) is 0.868. The predicted octanol–water partition coefficient (Wildman–Crippen LogP) is 0.512. The van der Waals surface area contributed by atoms with Gasteiger partial charge >= 0.3 is 5.97 Å². The molecule has 1 atom stereocenters. The Morgan fingerprint density at radius 2 is 2.70 bits per heavy atom. The fourth-order valence-electron chi connectivity index (χ4n) is 1.07. The molecule has 0 amide bonds. The molecule has 0 aromatic rings. The molecule has 2 aliphatic heterocycles. The van der Waals surface area contributed by atoms with E-state index >= 15 is 0 Å². The van der Waals surface area contributed by atoms with Gasteiger partial charge in [0, 0.05) is 5.88 Å². The number of hydrogen-bond donors (Lipinski definition) is 0. The zero-order chi connectivity index (χ0) is 6.97. The third kappa shape index (κ3) is 0.902. The van der Waals surface area contributed by atoms with E-state index in [0.29, 0.717) is 0 Å². The quantitative estimate of drug-likeness (QED) is 0.516. The van der Waals surface area contributed by atoms with Crippen molar-refractivity contribution in [3.05, 3.63) is 5.59 Å². The highest BCUT2D eigenvalue weighted by molar-refractivity contribution is 7.99. The molecule has 2 aliphatic rings. The molecule has 0 aromatic carbocycles. The normalized spacial score (nSPS) is 33.6. The fraction of sp³-hybridized carbons (Fsp3) is 0.800. The number of thioether (sulfide) groups is 1. The molecule has 2 saturated heterocycles. The molecule has 5 heteroatoms. The lowest BCUT2D eigenvalue weighted by Gasteiger charge is -2.32. The monoisotopic (exact) mass is 159 g/mol. The van der Waals surface area contributed by atoms with E-state index in [9.17, 15) is 4.79 Å². The summed E-state index contributed by atoms with van der Waals surface area (Å²) in [7, 11) is 0. The first-order valence-electron chi connectivity index (χ1n) is 3.14. The van der Waals surface area contributed by atoms with E-state index in [1.54, 1.807) is 16.8 Å². The first kappa shape index (κ1) is 6.45. The van der Waals surface area contributed by atoms with Crippen LogP contribution in [0.15, 0.2) is 0 Å².